The largest absolute Gasteiger partial charge is 0.354 e. The molecule has 0 atom stereocenters. The van der Waals surface area contributed by atoms with Gasteiger partial charge in [0.2, 0.25) is 5.91 Å². The smallest absolute Gasteiger partial charge is 0.239 e. The van der Waals surface area contributed by atoms with E-state index >= 15 is 0 Å². The summed E-state index contributed by atoms with van der Waals surface area (Å²) in [6.45, 7) is 3.64. The zero-order chi connectivity index (χ0) is 21.2. The molecule has 1 aliphatic carbocycles. The second-order valence-corrected chi connectivity index (χ2v) is 8.56. The average Bonchev–Trinajstić information content (AvgIpc) is 3.56. The van der Waals surface area contributed by atoms with Crippen molar-refractivity contribution in [3.63, 3.8) is 0 Å². The fourth-order valence-corrected chi connectivity index (χ4v) is 4.02. The first-order valence-electron chi connectivity index (χ1n) is 10.7. The molecule has 31 heavy (non-hydrogen) atoms. The number of pyridine rings is 1. The molecule has 0 spiro atoms. The molecule has 2 fully saturated rings. The summed E-state index contributed by atoms with van der Waals surface area (Å²) in [6.07, 6.45) is 4.01. The lowest BCUT2D eigenvalue weighted by molar-refractivity contribution is -0.117. The number of nitrogens with zero attached hydrogens (tertiary/aromatic N) is 5. The van der Waals surface area contributed by atoms with Crippen molar-refractivity contribution >= 4 is 29.1 Å². The molecular weight excluding hydrogens is 412 g/mol. The molecule has 0 bridgehead atoms. The van der Waals surface area contributed by atoms with E-state index in [4.69, 9.17) is 16.7 Å². The molecule has 8 heteroatoms. The van der Waals surface area contributed by atoms with Gasteiger partial charge in [-0.25, -0.2) is 9.67 Å². The molecule has 1 saturated heterocycles. The number of benzene rings is 1. The van der Waals surface area contributed by atoms with Crippen molar-refractivity contribution in [1.82, 2.24) is 19.7 Å². The predicted molar refractivity (Wildman–Crippen MR) is 122 cm³/mol. The molecule has 2 aromatic heterocycles. The van der Waals surface area contributed by atoms with Gasteiger partial charge in [0.1, 0.15) is 11.6 Å². The van der Waals surface area contributed by atoms with Crippen molar-refractivity contribution in [2.24, 2.45) is 0 Å². The number of para-hydroxylation sites is 1. The summed E-state index contributed by atoms with van der Waals surface area (Å²) in [5.41, 5.74) is 2.01. The molecule has 1 amide bonds. The quantitative estimate of drug-likeness (QED) is 0.640. The van der Waals surface area contributed by atoms with Gasteiger partial charge in [-0.2, -0.15) is 5.10 Å². The van der Waals surface area contributed by atoms with Crippen LogP contribution in [0.4, 0.5) is 11.6 Å². The highest BCUT2D eigenvalue weighted by Crippen LogP contribution is 2.40. The summed E-state index contributed by atoms with van der Waals surface area (Å²) in [5.74, 6) is 2.17. The van der Waals surface area contributed by atoms with E-state index in [9.17, 15) is 4.79 Å². The third-order valence-corrected chi connectivity index (χ3v) is 5.99. The topological polar surface area (TPSA) is 66.3 Å². The van der Waals surface area contributed by atoms with Crippen molar-refractivity contribution in [3.05, 3.63) is 65.4 Å². The molecule has 1 saturated carbocycles. The molecule has 0 radical (unpaired) electrons. The van der Waals surface area contributed by atoms with Crippen LogP contribution in [0.3, 0.4) is 0 Å². The Hall–Kier alpha value is -2.90. The van der Waals surface area contributed by atoms with Crippen molar-refractivity contribution < 1.29 is 4.79 Å². The highest BCUT2D eigenvalue weighted by Gasteiger charge is 2.28. The molecule has 160 valence electrons. The number of aromatic nitrogens is 3. The van der Waals surface area contributed by atoms with Crippen LogP contribution in [0.5, 0.6) is 0 Å². The standard InChI is InChI=1S/C23H25ClN6O/c24-18-8-9-21(25-15-18)29-12-10-28(11-13-29)16-23(31)26-22-14-20(17-6-7-17)27-30(22)19-4-2-1-3-5-19/h1-5,8-9,14-15,17H,6-7,10-13,16H2,(H,26,31). The first-order chi connectivity index (χ1) is 15.2. The Bertz CT molecular complexity index is 1040. The molecule has 1 aromatic carbocycles. The number of piperazine rings is 1. The Morgan fingerprint density at radius 3 is 2.52 bits per heavy atom. The average molecular weight is 437 g/mol. The summed E-state index contributed by atoms with van der Waals surface area (Å²) in [4.78, 5) is 21.6. The minimum Gasteiger partial charge on any atom is -0.354 e. The summed E-state index contributed by atoms with van der Waals surface area (Å²) >= 11 is 5.93. The Balaban J connectivity index is 1.21. The summed E-state index contributed by atoms with van der Waals surface area (Å²) < 4.78 is 1.84. The lowest BCUT2D eigenvalue weighted by atomic mass is 10.3. The molecule has 5 rings (SSSR count). The van der Waals surface area contributed by atoms with Gasteiger partial charge in [-0.3, -0.25) is 9.69 Å². The van der Waals surface area contributed by atoms with Crippen molar-refractivity contribution in [3.8, 4) is 5.69 Å². The third-order valence-electron chi connectivity index (χ3n) is 5.77. The van der Waals surface area contributed by atoms with Crippen molar-refractivity contribution in [2.75, 3.05) is 42.9 Å². The summed E-state index contributed by atoms with van der Waals surface area (Å²) in [5, 5.41) is 8.48. The van der Waals surface area contributed by atoms with Gasteiger partial charge in [0.25, 0.3) is 0 Å². The lowest BCUT2D eigenvalue weighted by Crippen LogP contribution is -2.49. The number of nitrogens with one attached hydrogen (secondary N) is 1. The van der Waals surface area contributed by atoms with E-state index in [-0.39, 0.29) is 5.91 Å². The molecule has 2 aliphatic rings. The van der Waals surface area contributed by atoms with Crippen molar-refractivity contribution in [2.45, 2.75) is 18.8 Å². The minimum absolute atomic E-state index is 0.0162. The van der Waals surface area contributed by atoms with Crippen LogP contribution in [0.25, 0.3) is 5.69 Å². The van der Waals surface area contributed by atoms with Gasteiger partial charge in [0.15, 0.2) is 0 Å². The van der Waals surface area contributed by atoms with Crippen LogP contribution in [-0.4, -0.2) is 58.3 Å². The highest BCUT2D eigenvalue weighted by atomic mass is 35.5. The van der Waals surface area contributed by atoms with E-state index in [1.807, 2.05) is 53.2 Å². The third kappa shape index (κ3) is 4.73. The summed E-state index contributed by atoms with van der Waals surface area (Å²) in [6, 6.07) is 15.8. The van der Waals surface area contributed by atoms with E-state index in [1.54, 1.807) is 6.20 Å². The normalized spacial score (nSPS) is 17.0. The van der Waals surface area contributed by atoms with Gasteiger partial charge in [0, 0.05) is 44.4 Å². The van der Waals surface area contributed by atoms with Crippen LogP contribution in [0.1, 0.15) is 24.5 Å². The Morgan fingerprint density at radius 1 is 1.06 bits per heavy atom. The molecule has 7 nitrogen and oxygen atoms in total. The van der Waals surface area contributed by atoms with Crippen LogP contribution < -0.4 is 10.2 Å². The maximum atomic E-state index is 12.8. The van der Waals surface area contributed by atoms with E-state index < -0.39 is 0 Å². The Kier molecular flexibility index (Phi) is 5.61. The molecular formula is C23H25ClN6O. The van der Waals surface area contributed by atoms with E-state index in [1.165, 1.54) is 12.8 Å². The number of carbonyl (C=O) groups excluding carboxylic acids is 1. The van der Waals surface area contributed by atoms with Crippen molar-refractivity contribution in [1.29, 1.82) is 0 Å². The Labute approximate surface area is 186 Å². The van der Waals surface area contributed by atoms with Gasteiger partial charge >= 0.3 is 0 Å². The van der Waals surface area contributed by atoms with E-state index in [0.717, 1.165) is 49.2 Å². The number of halogens is 1. The highest BCUT2D eigenvalue weighted by molar-refractivity contribution is 6.30. The monoisotopic (exact) mass is 436 g/mol. The van der Waals surface area contributed by atoms with Gasteiger partial charge in [-0.15, -0.1) is 0 Å². The molecule has 3 heterocycles. The lowest BCUT2D eigenvalue weighted by Gasteiger charge is -2.35. The second-order valence-electron chi connectivity index (χ2n) is 8.12. The zero-order valence-electron chi connectivity index (χ0n) is 17.2. The van der Waals surface area contributed by atoms with Crippen LogP contribution >= 0.6 is 11.6 Å². The number of hydrogen-bond acceptors (Lipinski definition) is 5. The van der Waals surface area contributed by atoms with Gasteiger partial charge in [-0.1, -0.05) is 29.8 Å². The maximum absolute atomic E-state index is 12.8. The fraction of sp³-hybridized carbons (Fsp3) is 0.348. The second kappa shape index (κ2) is 8.69. The number of amides is 1. The SMILES string of the molecule is O=C(CN1CCN(c2ccc(Cl)cn2)CC1)Nc1cc(C2CC2)nn1-c1ccccc1. The fourth-order valence-electron chi connectivity index (χ4n) is 3.91. The number of rotatable bonds is 6. The minimum atomic E-state index is -0.0162. The van der Waals surface area contributed by atoms with Gasteiger partial charge in [-0.05, 0) is 37.1 Å². The Morgan fingerprint density at radius 2 is 1.84 bits per heavy atom. The van der Waals surface area contributed by atoms with Gasteiger partial charge < -0.3 is 10.2 Å². The van der Waals surface area contributed by atoms with Crippen LogP contribution in [0, 0.1) is 0 Å². The predicted octanol–water partition coefficient (Wildman–Crippen LogP) is 3.56. The number of hydrogen-bond donors (Lipinski definition) is 1. The zero-order valence-corrected chi connectivity index (χ0v) is 18.0. The first kappa shape index (κ1) is 20.0. The maximum Gasteiger partial charge on any atom is 0.239 e. The van der Waals surface area contributed by atoms with Crippen LogP contribution in [-0.2, 0) is 4.79 Å². The van der Waals surface area contributed by atoms with E-state index in [2.05, 4.69) is 20.1 Å². The van der Waals surface area contributed by atoms with Gasteiger partial charge in [0.05, 0.1) is 22.9 Å². The summed E-state index contributed by atoms with van der Waals surface area (Å²) in [7, 11) is 0. The molecule has 1 N–H and O–H groups in total. The first-order valence-corrected chi connectivity index (χ1v) is 11.1. The van der Waals surface area contributed by atoms with E-state index in [0.29, 0.717) is 17.5 Å². The van der Waals surface area contributed by atoms with Crippen LogP contribution in [0.15, 0.2) is 54.7 Å². The molecule has 3 aromatic rings. The number of carbonyl (C=O) groups is 1. The van der Waals surface area contributed by atoms with Crippen LogP contribution in [0.2, 0.25) is 5.02 Å². The number of anilines is 2. The molecule has 0 unspecified atom stereocenters. The molecule has 1 aliphatic heterocycles.